The lowest BCUT2D eigenvalue weighted by Gasteiger charge is -2.12. The Balaban J connectivity index is 2.12. The van der Waals surface area contributed by atoms with Crippen LogP contribution in [0, 0.1) is 6.92 Å². The molecule has 0 fully saturated rings. The maximum atomic E-state index is 12.1. The van der Waals surface area contributed by atoms with Gasteiger partial charge in [0.15, 0.2) is 0 Å². The summed E-state index contributed by atoms with van der Waals surface area (Å²) < 4.78 is 0. The number of anilines is 1. The van der Waals surface area contributed by atoms with Gasteiger partial charge in [0.05, 0.1) is 11.6 Å². The maximum absolute atomic E-state index is 12.1. The van der Waals surface area contributed by atoms with Crippen molar-refractivity contribution in [3.63, 3.8) is 0 Å². The molecule has 2 rings (SSSR count). The van der Waals surface area contributed by atoms with E-state index in [-0.39, 0.29) is 11.9 Å². The Morgan fingerprint density at radius 2 is 2.28 bits per heavy atom. The molecular weight excluding hydrogens is 246 g/mol. The Morgan fingerprint density at radius 1 is 1.50 bits per heavy atom. The average molecular weight is 261 g/mol. The normalized spacial score (nSPS) is 12.1. The molecule has 0 saturated heterocycles. The number of rotatable bonds is 3. The number of nitrogens with two attached hydrogens (primary N) is 1. The summed E-state index contributed by atoms with van der Waals surface area (Å²) in [5.74, 6) is -0.171. The van der Waals surface area contributed by atoms with Crippen molar-refractivity contribution >= 4 is 22.9 Å². The van der Waals surface area contributed by atoms with Crippen LogP contribution in [0.1, 0.15) is 33.9 Å². The van der Waals surface area contributed by atoms with Crippen LogP contribution in [0.4, 0.5) is 5.69 Å². The number of nitrogens with one attached hydrogen (secondary N) is 1. The molecule has 1 amide bonds. The van der Waals surface area contributed by atoms with Crippen molar-refractivity contribution in [1.82, 2.24) is 10.3 Å². The SMILES string of the molecule is Cc1ccc(C(=O)NC(C)c2nccs2)c(N)c1. The lowest BCUT2D eigenvalue weighted by atomic mass is 10.1. The average Bonchev–Trinajstić information content (AvgIpc) is 2.81. The van der Waals surface area contributed by atoms with E-state index < -0.39 is 0 Å². The molecule has 0 radical (unpaired) electrons. The highest BCUT2D eigenvalue weighted by Crippen LogP contribution is 2.18. The third-order valence-electron chi connectivity index (χ3n) is 2.62. The molecule has 0 saturated carbocycles. The molecule has 94 valence electrons. The van der Waals surface area contributed by atoms with Gasteiger partial charge in [-0.2, -0.15) is 0 Å². The maximum Gasteiger partial charge on any atom is 0.253 e. The molecule has 1 unspecified atom stereocenters. The quantitative estimate of drug-likeness (QED) is 0.834. The van der Waals surface area contributed by atoms with Crippen molar-refractivity contribution in [2.45, 2.75) is 19.9 Å². The molecule has 0 aliphatic rings. The van der Waals surface area contributed by atoms with Crippen molar-refractivity contribution in [1.29, 1.82) is 0 Å². The molecule has 1 aromatic heterocycles. The van der Waals surface area contributed by atoms with Gasteiger partial charge < -0.3 is 11.1 Å². The molecule has 1 heterocycles. The van der Waals surface area contributed by atoms with Crippen LogP contribution in [-0.2, 0) is 0 Å². The molecule has 3 N–H and O–H groups in total. The molecule has 4 nitrogen and oxygen atoms in total. The molecule has 0 aliphatic carbocycles. The summed E-state index contributed by atoms with van der Waals surface area (Å²) in [6.45, 7) is 3.84. The van der Waals surface area contributed by atoms with E-state index in [0.717, 1.165) is 10.6 Å². The number of nitrogen functional groups attached to an aromatic ring is 1. The number of benzene rings is 1. The van der Waals surface area contributed by atoms with Gasteiger partial charge in [0.25, 0.3) is 5.91 Å². The Bertz CT molecular complexity index is 551. The third-order valence-corrected chi connectivity index (χ3v) is 3.58. The Hall–Kier alpha value is -1.88. The first-order valence-electron chi connectivity index (χ1n) is 5.64. The molecule has 0 bridgehead atoms. The van der Waals surface area contributed by atoms with Gasteiger partial charge in [0, 0.05) is 17.3 Å². The number of aromatic nitrogens is 1. The summed E-state index contributed by atoms with van der Waals surface area (Å²) in [5.41, 5.74) is 7.88. The first-order valence-corrected chi connectivity index (χ1v) is 6.52. The fraction of sp³-hybridized carbons (Fsp3) is 0.231. The van der Waals surface area contributed by atoms with Crippen molar-refractivity contribution < 1.29 is 4.79 Å². The standard InChI is InChI=1S/C13H15N3OS/c1-8-3-4-10(11(14)7-8)12(17)16-9(2)13-15-5-6-18-13/h3-7,9H,14H2,1-2H3,(H,16,17). The van der Waals surface area contributed by atoms with E-state index in [1.165, 1.54) is 11.3 Å². The first-order chi connectivity index (χ1) is 8.58. The first kappa shape index (κ1) is 12.6. The predicted molar refractivity (Wildman–Crippen MR) is 73.6 cm³/mol. The zero-order valence-corrected chi connectivity index (χ0v) is 11.1. The van der Waals surface area contributed by atoms with Crippen LogP contribution < -0.4 is 11.1 Å². The minimum absolute atomic E-state index is 0.113. The number of hydrogen-bond donors (Lipinski definition) is 2. The highest BCUT2D eigenvalue weighted by Gasteiger charge is 2.15. The van der Waals surface area contributed by atoms with E-state index in [1.54, 1.807) is 18.3 Å². The summed E-state index contributed by atoms with van der Waals surface area (Å²) in [7, 11) is 0. The van der Waals surface area contributed by atoms with Crippen LogP contribution in [0.15, 0.2) is 29.8 Å². The summed E-state index contributed by atoms with van der Waals surface area (Å²) in [6, 6.07) is 5.30. The van der Waals surface area contributed by atoms with Gasteiger partial charge >= 0.3 is 0 Å². The summed E-state index contributed by atoms with van der Waals surface area (Å²) >= 11 is 1.52. The van der Waals surface area contributed by atoms with Crippen LogP contribution >= 0.6 is 11.3 Å². The van der Waals surface area contributed by atoms with Crippen LogP contribution in [0.3, 0.4) is 0 Å². The second kappa shape index (κ2) is 5.18. The molecule has 1 atom stereocenters. The number of carbonyl (C=O) groups excluding carboxylic acids is 1. The van der Waals surface area contributed by atoms with E-state index in [0.29, 0.717) is 11.3 Å². The molecule has 1 aromatic carbocycles. The second-order valence-electron chi connectivity index (χ2n) is 4.16. The minimum atomic E-state index is -0.171. The monoisotopic (exact) mass is 261 g/mol. The van der Waals surface area contributed by atoms with Gasteiger partial charge in [-0.25, -0.2) is 4.98 Å². The van der Waals surface area contributed by atoms with Gasteiger partial charge in [-0.1, -0.05) is 6.07 Å². The van der Waals surface area contributed by atoms with E-state index >= 15 is 0 Å². The van der Waals surface area contributed by atoms with Crippen molar-refractivity contribution in [2.24, 2.45) is 0 Å². The summed E-state index contributed by atoms with van der Waals surface area (Å²) in [5, 5.41) is 5.66. The second-order valence-corrected chi connectivity index (χ2v) is 5.08. The third kappa shape index (κ3) is 2.68. The number of hydrogen-bond acceptors (Lipinski definition) is 4. The lowest BCUT2D eigenvalue weighted by molar-refractivity contribution is 0.0940. The van der Waals surface area contributed by atoms with Crippen LogP contribution in [0.5, 0.6) is 0 Å². The fourth-order valence-corrected chi connectivity index (χ4v) is 2.32. The largest absolute Gasteiger partial charge is 0.398 e. The van der Waals surface area contributed by atoms with Crippen molar-refractivity contribution in [2.75, 3.05) is 5.73 Å². The zero-order chi connectivity index (χ0) is 13.1. The van der Waals surface area contributed by atoms with Crippen molar-refractivity contribution in [3.05, 3.63) is 45.9 Å². The molecule has 0 aliphatic heterocycles. The van der Waals surface area contributed by atoms with Gasteiger partial charge in [-0.15, -0.1) is 11.3 Å². The van der Waals surface area contributed by atoms with E-state index in [9.17, 15) is 4.79 Å². The van der Waals surface area contributed by atoms with Gasteiger partial charge in [0.1, 0.15) is 5.01 Å². The molecular formula is C13H15N3OS. The zero-order valence-electron chi connectivity index (χ0n) is 10.3. The molecule has 18 heavy (non-hydrogen) atoms. The Kier molecular flexibility index (Phi) is 3.62. The lowest BCUT2D eigenvalue weighted by Crippen LogP contribution is -2.27. The van der Waals surface area contributed by atoms with Crippen LogP contribution in [-0.4, -0.2) is 10.9 Å². The highest BCUT2D eigenvalue weighted by molar-refractivity contribution is 7.09. The topological polar surface area (TPSA) is 68.0 Å². The van der Waals surface area contributed by atoms with E-state index in [1.807, 2.05) is 25.3 Å². The Labute approximate surface area is 110 Å². The number of carbonyl (C=O) groups is 1. The number of thiazole rings is 1. The highest BCUT2D eigenvalue weighted by atomic mass is 32.1. The van der Waals surface area contributed by atoms with Gasteiger partial charge in [-0.3, -0.25) is 4.79 Å². The molecule has 2 aromatic rings. The Morgan fingerprint density at radius 3 is 2.89 bits per heavy atom. The van der Waals surface area contributed by atoms with Crippen LogP contribution in [0.2, 0.25) is 0 Å². The minimum Gasteiger partial charge on any atom is -0.398 e. The van der Waals surface area contributed by atoms with E-state index in [2.05, 4.69) is 10.3 Å². The summed E-state index contributed by atoms with van der Waals surface area (Å²) in [6.07, 6.45) is 1.73. The molecule has 0 spiro atoms. The molecule has 5 heteroatoms. The fourth-order valence-electron chi connectivity index (χ4n) is 1.67. The van der Waals surface area contributed by atoms with E-state index in [4.69, 9.17) is 5.73 Å². The number of amides is 1. The smallest absolute Gasteiger partial charge is 0.253 e. The van der Waals surface area contributed by atoms with Crippen LogP contribution in [0.25, 0.3) is 0 Å². The summed E-state index contributed by atoms with van der Waals surface area (Å²) in [4.78, 5) is 16.2. The predicted octanol–water partition coefficient (Wildman–Crippen LogP) is 2.52. The number of aryl methyl sites for hydroxylation is 1. The van der Waals surface area contributed by atoms with Crippen molar-refractivity contribution in [3.8, 4) is 0 Å². The number of nitrogens with zero attached hydrogens (tertiary/aromatic N) is 1. The van der Waals surface area contributed by atoms with Gasteiger partial charge in [0.2, 0.25) is 0 Å². The van der Waals surface area contributed by atoms with Gasteiger partial charge in [-0.05, 0) is 31.5 Å².